The Hall–Kier alpha value is -1.16. The summed E-state index contributed by atoms with van der Waals surface area (Å²) in [4.78, 5) is 12.8. The molecule has 0 aliphatic carbocycles. The van der Waals surface area contributed by atoms with Crippen LogP contribution in [-0.2, 0) is 0 Å². The lowest BCUT2D eigenvalue weighted by molar-refractivity contribution is 0.103. The number of rotatable bonds is 2. The molecule has 0 aromatic heterocycles. The number of ketones is 1. The van der Waals surface area contributed by atoms with E-state index in [2.05, 4.69) is 31.9 Å². The third-order valence-corrected chi connectivity index (χ3v) is 4.87. The van der Waals surface area contributed by atoms with Crippen molar-refractivity contribution in [1.29, 1.82) is 0 Å². The third-order valence-electron chi connectivity index (χ3n) is 3.29. The van der Waals surface area contributed by atoms with Crippen molar-refractivity contribution in [1.82, 2.24) is 0 Å². The summed E-state index contributed by atoms with van der Waals surface area (Å²) in [5.41, 5.74) is 1.28. The summed E-state index contributed by atoms with van der Waals surface area (Å²) < 4.78 is 1.68. The number of carbonyl (C=O) groups is 1. The zero-order chi connectivity index (χ0) is 15.0. The van der Waals surface area contributed by atoms with Gasteiger partial charge in [0.1, 0.15) is 0 Å². The van der Waals surface area contributed by atoms with Crippen LogP contribution < -0.4 is 0 Å². The van der Waals surface area contributed by atoms with Crippen molar-refractivity contribution >= 4 is 60.0 Å². The zero-order valence-corrected chi connectivity index (χ0v) is 14.7. The molecule has 0 saturated heterocycles. The van der Waals surface area contributed by atoms with E-state index in [9.17, 15) is 4.79 Å². The van der Waals surface area contributed by atoms with Gasteiger partial charge in [-0.05, 0) is 57.0 Å². The Morgan fingerprint density at radius 1 is 0.810 bits per heavy atom. The highest BCUT2D eigenvalue weighted by atomic mass is 79.9. The Balaban J connectivity index is 2.21. The van der Waals surface area contributed by atoms with Crippen LogP contribution in [0.15, 0.2) is 63.5 Å². The van der Waals surface area contributed by atoms with Gasteiger partial charge >= 0.3 is 0 Å². The van der Waals surface area contributed by atoms with E-state index < -0.39 is 0 Å². The summed E-state index contributed by atoms with van der Waals surface area (Å²) in [5.74, 6) is -0.0257. The summed E-state index contributed by atoms with van der Waals surface area (Å²) >= 11 is 12.9. The highest BCUT2D eigenvalue weighted by Gasteiger charge is 2.16. The monoisotopic (exact) mass is 422 g/mol. The van der Waals surface area contributed by atoms with Gasteiger partial charge in [-0.15, -0.1) is 0 Å². The molecule has 0 N–H and O–H groups in total. The van der Waals surface area contributed by atoms with Gasteiger partial charge in [-0.2, -0.15) is 0 Å². The maximum absolute atomic E-state index is 12.8. The highest BCUT2D eigenvalue weighted by molar-refractivity contribution is 9.11. The molecule has 3 aromatic rings. The fourth-order valence-corrected chi connectivity index (χ4v) is 3.62. The molecule has 4 heteroatoms. The van der Waals surface area contributed by atoms with E-state index in [1.54, 1.807) is 18.2 Å². The highest BCUT2D eigenvalue weighted by Crippen LogP contribution is 2.30. The van der Waals surface area contributed by atoms with Crippen LogP contribution in [0.5, 0.6) is 0 Å². The van der Waals surface area contributed by atoms with Gasteiger partial charge in [-0.3, -0.25) is 4.79 Å². The molecule has 0 spiro atoms. The molecule has 1 nitrogen and oxygen atoms in total. The molecule has 0 bridgehead atoms. The van der Waals surface area contributed by atoms with E-state index in [1.165, 1.54) is 0 Å². The molecule has 3 aromatic carbocycles. The van der Waals surface area contributed by atoms with Crippen LogP contribution >= 0.6 is 43.5 Å². The quantitative estimate of drug-likeness (QED) is 0.445. The summed E-state index contributed by atoms with van der Waals surface area (Å²) in [6, 6.07) is 16.8. The topological polar surface area (TPSA) is 17.1 Å². The lowest BCUT2D eigenvalue weighted by Gasteiger charge is -2.09. The molecule has 3 rings (SSSR count). The molecule has 0 atom stereocenters. The van der Waals surface area contributed by atoms with Crippen LogP contribution in [0.1, 0.15) is 15.9 Å². The minimum atomic E-state index is -0.0257. The van der Waals surface area contributed by atoms with E-state index in [4.69, 9.17) is 11.6 Å². The van der Waals surface area contributed by atoms with Crippen LogP contribution in [0.3, 0.4) is 0 Å². The van der Waals surface area contributed by atoms with E-state index in [1.807, 2.05) is 36.4 Å². The molecule has 0 unspecified atom stereocenters. The number of fused-ring (bicyclic) bond motifs is 1. The minimum absolute atomic E-state index is 0.0257. The SMILES string of the molecule is O=C(c1ccc(Cl)cc1Br)c1ccc(Br)c2ccccc12. The average molecular weight is 425 g/mol. The van der Waals surface area contributed by atoms with Crippen molar-refractivity contribution in [3.05, 3.63) is 79.7 Å². The number of benzene rings is 3. The number of hydrogen-bond donors (Lipinski definition) is 0. The first-order chi connectivity index (χ1) is 10.1. The Labute approximate surface area is 144 Å². The molecule has 0 radical (unpaired) electrons. The van der Waals surface area contributed by atoms with Crippen molar-refractivity contribution in [2.45, 2.75) is 0 Å². The smallest absolute Gasteiger partial charge is 0.194 e. The maximum Gasteiger partial charge on any atom is 0.194 e. The van der Waals surface area contributed by atoms with Crippen molar-refractivity contribution in [2.75, 3.05) is 0 Å². The number of hydrogen-bond acceptors (Lipinski definition) is 1. The molecule has 0 aliphatic heterocycles. The van der Waals surface area contributed by atoms with Gasteiger partial charge in [-0.1, -0.05) is 51.8 Å². The predicted molar refractivity (Wildman–Crippen MR) is 94.2 cm³/mol. The summed E-state index contributed by atoms with van der Waals surface area (Å²) in [6.45, 7) is 0. The van der Waals surface area contributed by atoms with Gasteiger partial charge in [0.15, 0.2) is 5.78 Å². The van der Waals surface area contributed by atoms with Gasteiger partial charge in [0, 0.05) is 25.1 Å². The van der Waals surface area contributed by atoms with Gasteiger partial charge < -0.3 is 0 Å². The van der Waals surface area contributed by atoms with Crippen LogP contribution in [0.25, 0.3) is 10.8 Å². The third kappa shape index (κ3) is 2.78. The van der Waals surface area contributed by atoms with E-state index in [-0.39, 0.29) is 5.78 Å². The van der Waals surface area contributed by atoms with E-state index in [0.29, 0.717) is 20.6 Å². The molecule has 104 valence electrons. The predicted octanol–water partition coefficient (Wildman–Crippen LogP) is 6.25. The Bertz CT molecular complexity index is 859. The fourth-order valence-electron chi connectivity index (χ4n) is 2.28. The van der Waals surface area contributed by atoms with Gasteiger partial charge in [-0.25, -0.2) is 0 Å². The normalized spacial score (nSPS) is 10.8. The van der Waals surface area contributed by atoms with Gasteiger partial charge in [0.25, 0.3) is 0 Å². The molecule has 0 heterocycles. The maximum atomic E-state index is 12.8. The first kappa shape index (κ1) is 14.8. The van der Waals surface area contributed by atoms with E-state index >= 15 is 0 Å². The second-order valence-electron chi connectivity index (χ2n) is 4.59. The van der Waals surface area contributed by atoms with Gasteiger partial charge in [0.05, 0.1) is 0 Å². The van der Waals surface area contributed by atoms with Crippen molar-refractivity contribution in [2.24, 2.45) is 0 Å². The van der Waals surface area contributed by atoms with Crippen molar-refractivity contribution < 1.29 is 4.79 Å². The first-order valence-electron chi connectivity index (χ1n) is 6.25. The molecule has 0 saturated carbocycles. The van der Waals surface area contributed by atoms with Crippen molar-refractivity contribution in [3.63, 3.8) is 0 Å². The second-order valence-corrected chi connectivity index (χ2v) is 6.74. The molecular formula is C17H9Br2ClO. The molecule has 0 fully saturated rings. The average Bonchev–Trinajstić information content (AvgIpc) is 2.47. The van der Waals surface area contributed by atoms with Crippen LogP contribution in [0.4, 0.5) is 0 Å². The summed E-state index contributed by atoms with van der Waals surface area (Å²) in [5, 5.41) is 2.55. The Morgan fingerprint density at radius 2 is 1.48 bits per heavy atom. The lowest BCUT2D eigenvalue weighted by Crippen LogP contribution is -2.03. The zero-order valence-electron chi connectivity index (χ0n) is 10.7. The van der Waals surface area contributed by atoms with Gasteiger partial charge in [0.2, 0.25) is 0 Å². The standard InChI is InChI=1S/C17H9Br2ClO/c18-15-8-7-13(11-3-1-2-4-12(11)15)17(21)14-6-5-10(20)9-16(14)19/h1-9H. The van der Waals surface area contributed by atoms with Crippen LogP contribution in [0.2, 0.25) is 5.02 Å². The minimum Gasteiger partial charge on any atom is -0.289 e. The summed E-state index contributed by atoms with van der Waals surface area (Å²) in [7, 11) is 0. The Kier molecular flexibility index (Phi) is 4.16. The lowest BCUT2D eigenvalue weighted by atomic mass is 9.97. The second kappa shape index (κ2) is 5.91. The molecular weight excluding hydrogens is 415 g/mol. The Morgan fingerprint density at radius 3 is 2.19 bits per heavy atom. The molecule has 0 amide bonds. The summed E-state index contributed by atoms with van der Waals surface area (Å²) in [6.07, 6.45) is 0. The largest absolute Gasteiger partial charge is 0.289 e. The molecule has 0 aliphatic rings. The van der Waals surface area contributed by atoms with E-state index in [0.717, 1.165) is 15.2 Å². The molecule has 21 heavy (non-hydrogen) atoms. The number of halogens is 3. The van der Waals surface area contributed by atoms with Crippen LogP contribution in [0, 0.1) is 0 Å². The fraction of sp³-hybridized carbons (Fsp3) is 0. The first-order valence-corrected chi connectivity index (χ1v) is 8.21. The van der Waals surface area contributed by atoms with Crippen LogP contribution in [-0.4, -0.2) is 5.78 Å². The van der Waals surface area contributed by atoms with Crippen molar-refractivity contribution in [3.8, 4) is 0 Å². The number of carbonyl (C=O) groups excluding carboxylic acids is 1.